The molecule has 3 aromatic carbocycles. The summed E-state index contributed by atoms with van der Waals surface area (Å²) in [6, 6.07) is 21.1. The van der Waals surface area contributed by atoms with Crippen molar-refractivity contribution in [3.63, 3.8) is 0 Å². The van der Waals surface area contributed by atoms with Gasteiger partial charge in [0.25, 0.3) is 5.56 Å². The van der Waals surface area contributed by atoms with Gasteiger partial charge in [-0.2, -0.15) is 0 Å². The maximum Gasteiger partial charge on any atom is 0.265 e. The first kappa shape index (κ1) is 18.8. The molecule has 5 nitrogen and oxygen atoms in total. The highest BCUT2D eigenvalue weighted by Crippen LogP contribution is 2.27. The normalized spacial score (nSPS) is 11.2. The Bertz CT molecular complexity index is 1260. The van der Waals surface area contributed by atoms with Gasteiger partial charge < -0.3 is 9.84 Å². The number of hydrogen-bond acceptors (Lipinski definition) is 4. The molecule has 4 aromatic rings. The molecule has 0 spiro atoms. The SMILES string of the molecule is COc1ccc(-n2c(O)c(C=Nc3ccc(Cl)cc3)c3ccccc3c2=O)cc1. The molecule has 6 heteroatoms. The van der Waals surface area contributed by atoms with Gasteiger partial charge in [-0.05, 0) is 54.6 Å². The number of halogens is 1. The van der Waals surface area contributed by atoms with Crippen molar-refractivity contribution in [1.29, 1.82) is 0 Å². The Kier molecular flexibility index (Phi) is 5.06. The third kappa shape index (κ3) is 3.60. The fraction of sp³-hybridized carbons (Fsp3) is 0.0435. The molecule has 144 valence electrons. The number of rotatable bonds is 4. The molecule has 0 amide bonds. The molecule has 29 heavy (non-hydrogen) atoms. The van der Waals surface area contributed by atoms with Crippen LogP contribution in [0.2, 0.25) is 5.02 Å². The number of fused-ring (bicyclic) bond motifs is 1. The van der Waals surface area contributed by atoms with E-state index in [1.54, 1.807) is 80.1 Å². The van der Waals surface area contributed by atoms with E-state index in [4.69, 9.17) is 16.3 Å². The number of ether oxygens (including phenoxy) is 1. The minimum Gasteiger partial charge on any atom is -0.497 e. The molecule has 0 aliphatic heterocycles. The Balaban J connectivity index is 1.93. The van der Waals surface area contributed by atoms with Crippen molar-refractivity contribution in [1.82, 2.24) is 4.57 Å². The minimum atomic E-state index is -0.313. The monoisotopic (exact) mass is 404 g/mol. The van der Waals surface area contributed by atoms with Crippen LogP contribution in [0, 0.1) is 0 Å². The second-order valence-electron chi connectivity index (χ2n) is 6.36. The topological polar surface area (TPSA) is 63.8 Å². The standard InChI is InChI=1S/C23H17ClN2O3/c1-29-18-12-10-17(11-13-18)26-22(27)20-5-3-2-4-19(20)21(23(26)28)14-25-16-8-6-15(24)7-9-16/h2-14,28H,1H3. The summed E-state index contributed by atoms with van der Waals surface area (Å²) in [4.78, 5) is 17.5. The summed E-state index contributed by atoms with van der Waals surface area (Å²) < 4.78 is 6.44. The molecule has 1 heterocycles. The van der Waals surface area contributed by atoms with Crippen LogP contribution in [0.3, 0.4) is 0 Å². The fourth-order valence-corrected chi connectivity index (χ4v) is 3.25. The van der Waals surface area contributed by atoms with E-state index >= 15 is 0 Å². The average molecular weight is 405 g/mol. The van der Waals surface area contributed by atoms with Crippen LogP contribution in [0.4, 0.5) is 5.69 Å². The lowest BCUT2D eigenvalue weighted by atomic mass is 10.1. The molecule has 0 aliphatic rings. The number of methoxy groups -OCH3 is 1. The van der Waals surface area contributed by atoms with E-state index in [-0.39, 0.29) is 11.4 Å². The number of aliphatic imine (C=N–C) groups is 1. The Morgan fingerprint density at radius 1 is 0.966 bits per heavy atom. The molecule has 0 unspecified atom stereocenters. The van der Waals surface area contributed by atoms with Gasteiger partial charge in [-0.25, -0.2) is 4.57 Å². The van der Waals surface area contributed by atoms with E-state index in [1.165, 1.54) is 4.57 Å². The Morgan fingerprint density at radius 2 is 1.62 bits per heavy atom. The molecule has 0 saturated heterocycles. The summed E-state index contributed by atoms with van der Waals surface area (Å²) in [7, 11) is 1.57. The van der Waals surface area contributed by atoms with Crippen molar-refractivity contribution < 1.29 is 9.84 Å². The van der Waals surface area contributed by atoms with E-state index in [9.17, 15) is 9.90 Å². The molecule has 0 fully saturated rings. The number of pyridine rings is 1. The predicted molar refractivity (Wildman–Crippen MR) is 116 cm³/mol. The predicted octanol–water partition coefficient (Wildman–Crippen LogP) is 5.11. The minimum absolute atomic E-state index is 0.184. The van der Waals surface area contributed by atoms with Gasteiger partial charge in [0.05, 0.1) is 24.0 Å². The van der Waals surface area contributed by atoms with Crippen LogP contribution in [-0.4, -0.2) is 23.0 Å². The van der Waals surface area contributed by atoms with Crippen LogP contribution in [0.5, 0.6) is 11.6 Å². The maximum absolute atomic E-state index is 13.1. The van der Waals surface area contributed by atoms with Crippen LogP contribution in [0.25, 0.3) is 16.5 Å². The average Bonchev–Trinajstić information content (AvgIpc) is 2.75. The van der Waals surface area contributed by atoms with Gasteiger partial charge >= 0.3 is 0 Å². The van der Waals surface area contributed by atoms with Crippen LogP contribution >= 0.6 is 11.6 Å². The second-order valence-corrected chi connectivity index (χ2v) is 6.79. The third-order valence-corrected chi connectivity index (χ3v) is 4.86. The lowest BCUT2D eigenvalue weighted by molar-refractivity contribution is 0.414. The van der Waals surface area contributed by atoms with Crippen LogP contribution in [-0.2, 0) is 0 Å². The zero-order valence-electron chi connectivity index (χ0n) is 15.5. The Labute approximate surface area is 172 Å². The first-order chi connectivity index (χ1) is 14.1. The summed E-state index contributed by atoms with van der Waals surface area (Å²) in [6.45, 7) is 0. The van der Waals surface area contributed by atoms with Crippen molar-refractivity contribution in [3.05, 3.63) is 93.7 Å². The summed E-state index contributed by atoms with van der Waals surface area (Å²) in [6.07, 6.45) is 1.56. The van der Waals surface area contributed by atoms with Gasteiger partial charge in [0.15, 0.2) is 0 Å². The van der Waals surface area contributed by atoms with Crippen LogP contribution in [0.1, 0.15) is 5.56 Å². The maximum atomic E-state index is 13.1. The summed E-state index contributed by atoms with van der Waals surface area (Å²) in [5.41, 5.74) is 1.35. The highest BCUT2D eigenvalue weighted by atomic mass is 35.5. The smallest absolute Gasteiger partial charge is 0.265 e. The molecular weight excluding hydrogens is 388 g/mol. The zero-order chi connectivity index (χ0) is 20.4. The molecule has 0 saturated carbocycles. The molecule has 4 rings (SSSR count). The Morgan fingerprint density at radius 3 is 2.28 bits per heavy atom. The van der Waals surface area contributed by atoms with Gasteiger partial charge in [0.2, 0.25) is 5.88 Å². The molecule has 0 atom stereocenters. The first-order valence-electron chi connectivity index (χ1n) is 8.89. The number of nitrogens with zero attached hydrogens (tertiary/aromatic N) is 2. The van der Waals surface area contributed by atoms with Crippen molar-refractivity contribution in [2.45, 2.75) is 0 Å². The highest BCUT2D eigenvalue weighted by molar-refractivity contribution is 6.30. The third-order valence-electron chi connectivity index (χ3n) is 4.60. The largest absolute Gasteiger partial charge is 0.497 e. The zero-order valence-corrected chi connectivity index (χ0v) is 16.3. The molecule has 1 aromatic heterocycles. The number of aromatic nitrogens is 1. The number of benzene rings is 3. The van der Waals surface area contributed by atoms with E-state index < -0.39 is 0 Å². The summed E-state index contributed by atoms with van der Waals surface area (Å²) in [5.74, 6) is 0.475. The number of hydrogen-bond donors (Lipinski definition) is 1. The Hall–Kier alpha value is -3.57. The summed E-state index contributed by atoms with van der Waals surface area (Å²) in [5, 5.41) is 12.7. The quantitative estimate of drug-likeness (QED) is 0.481. The molecule has 1 N–H and O–H groups in total. The van der Waals surface area contributed by atoms with Crippen molar-refractivity contribution in [2.24, 2.45) is 4.99 Å². The molecule has 0 bridgehead atoms. The van der Waals surface area contributed by atoms with Crippen molar-refractivity contribution >= 4 is 34.3 Å². The lowest BCUT2D eigenvalue weighted by Crippen LogP contribution is -2.20. The van der Waals surface area contributed by atoms with E-state index in [0.29, 0.717) is 38.5 Å². The van der Waals surface area contributed by atoms with Crippen LogP contribution < -0.4 is 10.3 Å². The molecule has 0 aliphatic carbocycles. The van der Waals surface area contributed by atoms with Crippen molar-refractivity contribution in [3.8, 4) is 17.3 Å². The van der Waals surface area contributed by atoms with Crippen LogP contribution in [0.15, 0.2) is 82.6 Å². The second kappa shape index (κ2) is 7.81. The van der Waals surface area contributed by atoms with E-state index in [1.807, 2.05) is 6.07 Å². The fourth-order valence-electron chi connectivity index (χ4n) is 3.13. The van der Waals surface area contributed by atoms with E-state index in [0.717, 1.165) is 0 Å². The lowest BCUT2D eigenvalue weighted by Gasteiger charge is -2.14. The molecule has 0 radical (unpaired) electrons. The van der Waals surface area contributed by atoms with E-state index in [2.05, 4.69) is 4.99 Å². The van der Waals surface area contributed by atoms with Gasteiger partial charge in [0, 0.05) is 22.0 Å². The van der Waals surface area contributed by atoms with Gasteiger partial charge in [-0.1, -0.05) is 29.8 Å². The first-order valence-corrected chi connectivity index (χ1v) is 9.27. The van der Waals surface area contributed by atoms with Crippen molar-refractivity contribution in [2.75, 3.05) is 7.11 Å². The van der Waals surface area contributed by atoms with Gasteiger partial charge in [-0.3, -0.25) is 9.79 Å². The highest BCUT2D eigenvalue weighted by Gasteiger charge is 2.16. The van der Waals surface area contributed by atoms with Gasteiger partial charge in [-0.15, -0.1) is 0 Å². The van der Waals surface area contributed by atoms with Gasteiger partial charge in [0.1, 0.15) is 5.75 Å². The summed E-state index contributed by atoms with van der Waals surface area (Å²) >= 11 is 5.92. The number of aromatic hydroxyl groups is 1. The molecular formula is C23H17ClN2O3.